The molecule has 1 heterocycles. The van der Waals surface area contributed by atoms with Crippen LogP contribution in [0.1, 0.15) is 20.8 Å². The average Bonchev–Trinajstić information content (AvgIpc) is 2.48. The van der Waals surface area contributed by atoms with Crippen LogP contribution in [0.5, 0.6) is 0 Å². The average molecular weight is 200 g/mol. The normalized spacial score (nSPS) is 24.8. The fourth-order valence-electron chi connectivity index (χ4n) is 1.63. The first-order valence-electron chi connectivity index (χ1n) is 5.11. The molecule has 0 saturated carbocycles. The van der Waals surface area contributed by atoms with E-state index in [9.17, 15) is 4.79 Å². The Morgan fingerprint density at radius 1 is 1.57 bits per heavy atom. The van der Waals surface area contributed by atoms with Crippen LogP contribution in [0.25, 0.3) is 0 Å². The van der Waals surface area contributed by atoms with E-state index < -0.39 is 0 Å². The zero-order chi connectivity index (χ0) is 10.7. The molecule has 1 aliphatic rings. The molecule has 1 N–H and O–H groups in total. The van der Waals surface area contributed by atoms with Crippen LogP contribution >= 0.6 is 0 Å². The summed E-state index contributed by atoms with van der Waals surface area (Å²) in [6, 6.07) is -0.0148. The lowest BCUT2D eigenvalue weighted by Crippen LogP contribution is -2.37. The van der Waals surface area contributed by atoms with Gasteiger partial charge in [0, 0.05) is 13.7 Å². The molecule has 1 saturated heterocycles. The number of nitrogens with zero attached hydrogens (tertiary/aromatic N) is 1. The summed E-state index contributed by atoms with van der Waals surface area (Å²) in [4.78, 5) is 13.6. The molecule has 4 nitrogen and oxygen atoms in total. The summed E-state index contributed by atoms with van der Waals surface area (Å²) in [5.74, 6) is 0.550. The number of hydrogen-bond acceptors (Lipinski definition) is 3. The van der Waals surface area contributed by atoms with Gasteiger partial charge in [0.1, 0.15) is 0 Å². The lowest BCUT2D eigenvalue weighted by Gasteiger charge is -2.19. The Bertz CT molecular complexity index is 206. The SMILES string of the molecule is COC(C)CN1CNC(C(C)C)C1=O. The van der Waals surface area contributed by atoms with Crippen LogP contribution in [0.3, 0.4) is 0 Å². The zero-order valence-corrected chi connectivity index (χ0v) is 9.41. The largest absolute Gasteiger partial charge is 0.380 e. The highest BCUT2D eigenvalue weighted by atomic mass is 16.5. The van der Waals surface area contributed by atoms with Gasteiger partial charge in [0.2, 0.25) is 5.91 Å². The van der Waals surface area contributed by atoms with Gasteiger partial charge >= 0.3 is 0 Å². The van der Waals surface area contributed by atoms with Gasteiger partial charge in [-0.1, -0.05) is 13.8 Å². The number of amides is 1. The topological polar surface area (TPSA) is 41.6 Å². The first-order chi connectivity index (χ1) is 6.56. The molecule has 0 aromatic rings. The lowest BCUT2D eigenvalue weighted by molar-refractivity contribution is -0.130. The van der Waals surface area contributed by atoms with E-state index in [-0.39, 0.29) is 18.1 Å². The summed E-state index contributed by atoms with van der Waals surface area (Å²) in [6.45, 7) is 7.40. The Morgan fingerprint density at radius 3 is 2.64 bits per heavy atom. The predicted octanol–water partition coefficient (Wildman–Crippen LogP) is 0.435. The molecule has 0 bridgehead atoms. The van der Waals surface area contributed by atoms with E-state index in [2.05, 4.69) is 19.2 Å². The second-order valence-electron chi connectivity index (χ2n) is 4.19. The second-order valence-corrected chi connectivity index (χ2v) is 4.19. The molecule has 1 rings (SSSR count). The van der Waals surface area contributed by atoms with E-state index in [0.29, 0.717) is 19.1 Å². The van der Waals surface area contributed by atoms with Crippen molar-refractivity contribution in [1.82, 2.24) is 10.2 Å². The van der Waals surface area contributed by atoms with Crippen LogP contribution in [0.4, 0.5) is 0 Å². The third-order valence-corrected chi connectivity index (χ3v) is 2.63. The quantitative estimate of drug-likeness (QED) is 0.716. The van der Waals surface area contributed by atoms with Gasteiger partial charge in [-0.05, 0) is 12.8 Å². The Morgan fingerprint density at radius 2 is 2.21 bits per heavy atom. The minimum atomic E-state index is -0.0148. The summed E-state index contributed by atoms with van der Waals surface area (Å²) in [5, 5.41) is 3.21. The van der Waals surface area contributed by atoms with Crippen LogP contribution in [0.2, 0.25) is 0 Å². The highest BCUT2D eigenvalue weighted by Crippen LogP contribution is 2.12. The van der Waals surface area contributed by atoms with Crippen molar-refractivity contribution in [1.29, 1.82) is 0 Å². The highest BCUT2D eigenvalue weighted by molar-refractivity contribution is 5.84. The fourth-order valence-corrected chi connectivity index (χ4v) is 1.63. The molecule has 0 radical (unpaired) electrons. The van der Waals surface area contributed by atoms with Crippen LogP contribution < -0.4 is 5.32 Å². The molecule has 0 aromatic heterocycles. The smallest absolute Gasteiger partial charge is 0.241 e. The molecular weight excluding hydrogens is 180 g/mol. The summed E-state index contributed by atoms with van der Waals surface area (Å²) in [7, 11) is 1.67. The Balaban J connectivity index is 2.47. The van der Waals surface area contributed by atoms with E-state index in [1.165, 1.54) is 0 Å². The minimum Gasteiger partial charge on any atom is -0.380 e. The maximum Gasteiger partial charge on any atom is 0.241 e. The van der Waals surface area contributed by atoms with Gasteiger partial charge in [-0.15, -0.1) is 0 Å². The molecule has 2 atom stereocenters. The molecular formula is C10H20N2O2. The molecule has 82 valence electrons. The van der Waals surface area contributed by atoms with Crippen LogP contribution in [0, 0.1) is 5.92 Å². The van der Waals surface area contributed by atoms with Gasteiger partial charge in [0.15, 0.2) is 0 Å². The van der Waals surface area contributed by atoms with Gasteiger partial charge < -0.3 is 9.64 Å². The van der Waals surface area contributed by atoms with Gasteiger partial charge in [0.05, 0.1) is 18.8 Å². The number of nitrogens with one attached hydrogen (secondary N) is 1. The summed E-state index contributed by atoms with van der Waals surface area (Å²) < 4.78 is 5.13. The number of methoxy groups -OCH3 is 1. The Hall–Kier alpha value is -0.610. The third kappa shape index (κ3) is 2.45. The molecule has 4 heteroatoms. The van der Waals surface area contributed by atoms with E-state index in [1.807, 2.05) is 11.8 Å². The molecule has 0 spiro atoms. The van der Waals surface area contributed by atoms with E-state index in [1.54, 1.807) is 7.11 Å². The third-order valence-electron chi connectivity index (χ3n) is 2.63. The summed E-state index contributed by atoms with van der Waals surface area (Å²) in [5.41, 5.74) is 0. The summed E-state index contributed by atoms with van der Waals surface area (Å²) >= 11 is 0. The monoisotopic (exact) mass is 200 g/mol. The molecule has 2 unspecified atom stereocenters. The van der Waals surface area contributed by atoms with Gasteiger partial charge in [0.25, 0.3) is 0 Å². The number of carbonyl (C=O) groups is 1. The van der Waals surface area contributed by atoms with Crippen LogP contribution in [-0.2, 0) is 9.53 Å². The molecule has 14 heavy (non-hydrogen) atoms. The van der Waals surface area contributed by atoms with Crippen molar-refractivity contribution < 1.29 is 9.53 Å². The second kappa shape index (κ2) is 4.75. The Kier molecular flexibility index (Phi) is 3.89. The highest BCUT2D eigenvalue weighted by Gasteiger charge is 2.33. The van der Waals surface area contributed by atoms with Crippen molar-refractivity contribution in [3.05, 3.63) is 0 Å². The maximum absolute atomic E-state index is 11.8. The predicted molar refractivity (Wildman–Crippen MR) is 54.8 cm³/mol. The van der Waals surface area contributed by atoms with Gasteiger partial charge in [-0.25, -0.2) is 0 Å². The minimum absolute atomic E-state index is 0.0148. The molecule has 1 aliphatic heterocycles. The number of ether oxygens (including phenoxy) is 1. The van der Waals surface area contributed by atoms with Crippen LogP contribution in [-0.4, -0.2) is 43.3 Å². The molecule has 0 aromatic carbocycles. The molecule has 1 amide bonds. The number of hydrogen-bond donors (Lipinski definition) is 1. The van der Waals surface area contributed by atoms with Crippen molar-refractivity contribution >= 4 is 5.91 Å². The van der Waals surface area contributed by atoms with E-state index in [0.717, 1.165) is 0 Å². The number of carbonyl (C=O) groups excluding carboxylic acids is 1. The zero-order valence-electron chi connectivity index (χ0n) is 9.41. The summed E-state index contributed by atoms with van der Waals surface area (Å²) in [6.07, 6.45) is 0.103. The fraction of sp³-hybridized carbons (Fsp3) is 0.900. The van der Waals surface area contributed by atoms with E-state index in [4.69, 9.17) is 4.74 Å². The van der Waals surface area contributed by atoms with Crippen LogP contribution in [0.15, 0.2) is 0 Å². The first-order valence-corrected chi connectivity index (χ1v) is 5.11. The number of rotatable bonds is 4. The van der Waals surface area contributed by atoms with Crippen molar-refractivity contribution in [3.8, 4) is 0 Å². The van der Waals surface area contributed by atoms with E-state index >= 15 is 0 Å². The van der Waals surface area contributed by atoms with Gasteiger partial charge in [-0.3, -0.25) is 10.1 Å². The Labute approximate surface area is 85.6 Å². The molecule has 1 fully saturated rings. The molecule has 0 aliphatic carbocycles. The maximum atomic E-state index is 11.8. The van der Waals surface area contributed by atoms with Crippen molar-refractivity contribution in [3.63, 3.8) is 0 Å². The van der Waals surface area contributed by atoms with Crippen molar-refractivity contribution in [2.45, 2.75) is 32.9 Å². The van der Waals surface area contributed by atoms with Crippen molar-refractivity contribution in [2.75, 3.05) is 20.3 Å². The standard InChI is InChI=1S/C10H20N2O2/c1-7(2)9-10(13)12(6-11-9)5-8(3)14-4/h7-9,11H,5-6H2,1-4H3. The van der Waals surface area contributed by atoms with Gasteiger partial charge in [-0.2, -0.15) is 0 Å². The first kappa shape index (κ1) is 11.5. The lowest BCUT2D eigenvalue weighted by atomic mass is 10.1. The van der Waals surface area contributed by atoms with Crippen molar-refractivity contribution in [2.24, 2.45) is 5.92 Å².